The van der Waals surface area contributed by atoms with Gasteiger partial charge in [-0.2, -0.15) is 5.32 Å². The second kappa shape index (κ2) is 5.10. The number of halogens is 3. The van der Waals surface area contributed by atoms with Crippen LogP contribution in [0, 0.1) is 5.92 Å². The number of allylic oxidation sites excluding steroid dienone is 4. The Morgan fingerprint density at radius 3 is 2.80 bits per heavy atom. The van der Waals surface area contributed by atoms with E-state index < -0.39 is 28.0 Å². The van der Waals surface area contributed by atoms with Gasteiger partial charge in [0.2, 0.25) is 0 Å². The average Bonchev–Trinajstić information content (AvgIpc) is 2.34. The fraction of sp³-hybridized carbons (Fsp3) is 0.333. The predicted octanol–water partition coefficient (Wildman–Crippen LogP) is 2.56. The first-order chi connectivity index (χ1) is 9.26. The molecule has 1 radical (unpaired) electrons. The highest BCUT2D eigenvalue weighted by atomic mass is 35.5. The number of fused-ring (bicyclic) bond motifs is 1. The van der Waals surface area contributed by atoms with E-state index in [1.807, 2.05) is 0 Å². The van der Waals surface area contributed by atoms with Crippen molar-refractivity contribution in [1.29, 1.82) is 0 Å². The molecule has 0 aromatic carbocycles. The van der Waals surface area contributed by atoms with Gasteiger partial charge >= 0.3 is 6.09 Å². The van der Waals surface area contributed by atoms with Crippen LogP contribution in [0.15, 0.2) is 35.6 Å². The second-order valence-electron chi connectivity index (χ2n) is 4.24. The maximum atomic E-state index is 13.7. The zero-order chi connectivity index (χ0) is 15.1. The van der Waals surface area contributed by atoms with Crippen molar-refractivity contribution in [3.63, 3.8) is 0 Å². The monoisotopic (exact) mass is 319 g/mol. The second-order valence-corrected chi connectivity index (χ2v) is 5.63. The van der Waals surface area contributed by atoms with E-state index in [-0.39, 0.29) is 5.70 Å². The Kier molecular flexibility index (Phi) is 3.80. The van der Waals surface area contributed by atoms with Gasteiger partial charge in [-0.3, -0.25) is 4.79 Å². The summed E-state index contributed by atoms with van der Waals surface area (Å²) in [6, 6.07) is 0. The number of carbonyl (C=O) groups is 2. The Hall–Kier alpha value is -1.53. The Morgan fingerprint density at radius 1 is 1.60 bits per heavy atom. The van der Waals surface area contributed by atoms with E-state index in [1.54, 1.807) is 11.8 Å². The summed E-state index contributed by atoms with van der Waals surface area (Å²) >= 11 is 11.6. The standard InChI is InChI=1S/C12H10Cl2FN2O3/c1-2-17-5-7(16-11(19)20)10(18)6-3-9(15)12(13,14)4-8(6)17/h3-6H,2H2,1H3,(H,19,20). The SMILES string of the molecule is CCN1C=C([N]C(=O)O)C(=O)C2C=C(F)C(Cl)(Cl)C=C21. The molecule has 20 heavy (non-hydrogen) atoms. The van der Waals surface area contributed by atoms with Gasteiger partial charge in [0.25, 0.3) is 0 Å². The molecule has 1 N–H and O–H groups in total. The number of alkyl halides is 2. The maximum Gasteiger partial charge on any atom is 0.431 e. The average molecular weight is 320 g/mol. The molecule has 1 amide bonds. The van der Waals surface area contributed by atoms with E-state index in [4.69, 9.17) is 28.3 Å². The lowest BCUT2D eigenvalue weighted by molar-refractivity contribution is -0.118. The first-order valence-corrected chi connectivity index (χ1v) is 6.47. The van der Waals surface area contributed by atoms with Crippen LogP contribution in [0.25, 0.3) is 0 Å². The number of Topliss-reactive ketones (excluding diaryl/α,β-unsaturated/α-hetero) is 1. The summed E-state index contributed by atoms with van der Waals surface area (Å²) in [6.07, 6.45) is 2.04. The first kappa shape index (κ1) is 14.9. The van der Waals surface area contributed by atoms with Crippen molar-refractivity contribution in [2.24, 2.45) is 5.92 Å². The van der Waals surface area contributed by atoms with E-state index in [9.17, 15) is 14.0 Å². The molecule has 2 aliphatic rings. The Bertz CT molecular complexity index is 569. The first-order valence-electron chi connectivity index (χ1n) is 5.72. The third-order valence-corrected chi connectivity index (χ3v) is 3.56. The molecule has 0 bridgehead atoms. The van der Waals surface area contributed by atoms with Crippen LogP contribution in [0.1, 0.15) is 6.92 Å². The van der Waals surface area contributed by atoms with Crippen molar-refractivity contribution in [3.8, 4) is 0 Å². The molecule has 1 aliphatic heterocycles. The number of ketones is 1. The van der Waals surface area contributed by atoms with E-state index in [1.165, 1.54) is 12.3 Å². The maximum absolute atomic E-state index is 13.7. The lowest BCUT2D eigenvalue weighted by Crippen LogP contribution is -2.39. The van der Waals surface area contributed by atoms with Gasteiger partial charge in [-0.15, -0.1) is 0 Å². The molecule has 0 spiro atoms. The molecule has 5 nitrogen and oxygen atoms in total. The molecule has 1 atom stereocenters. The number of rotatable bonds is 2. The van der Waals surface area contributed by atoms with Crippen LogP contribution in [0.4, 0.5) is 9.18 Å². The van der Waals surface area contributed by atoms with Crippen LogP contribution in [0.5, 0.6) is 0 Å². The minimum absolute atomic E-state index is 0.248. The molecular weight excluding hydrogens is 310 g/mol. The molecule has 2 rings (SSSR count). The summed E-state index contributed by atoms with van der Waals surface area (Å²) in [7, 11) is 0. The van der Waals surface area contributed by atoms with E-state index >= 15 is 0 Å². The molecule has 0 aromatic heterocycles. The Morgan fingerprint density at radius 2 is 2.25 bits per heavy atom. The van der Waals surface area contributed by atoms with Gasteiger partial charge in [0.1, 0.15) is 11.5 Å². The van der Waals surface area contributed by atoms with Gasteiger partial charge in [-0.05, 0) is 19.1 Å². The third kappa shape index (κ3) is 2.53. The molecule has 1 aliphatic carbocycles. The lowest BCUT2D eigenvalue weighted by Gasteiger charge is -2.35. The predicted molar refractivity (Wildman–Crippen MR) is 70.8 cm³/mol. The number of hydrogen-bond acceptors (Lipinski definition) is 3. The molecule has 1 heterocycles. The summed E-state index contributed by atoms with van der Waals surface area (Å²) in [5.41, 5.74) is 0.162. The van der Waals surface area contributed by atoms with E-state index in [0.717, 1.165) is 6.08 Å². The minimum Gasteiger partial charge on any atom is -0.463 e. The highest BCUT2D eigenvalue weighted by Gasteiger charge is 2.42. The van der Waals surface area contributed by atoms with Crippen molar-refractivity contribution >= 4 is 35.1 Å². The highest BCUT2D eigenvalue weighted by molar-refractivity contribution is 6.51. The van der Waals surface area contributed by atoms with Crippen molar-refractivity contribution in [2.75, 3.05) is 6.54 Å². The van der Waals surface area contributed by atoms with Crippen LogP contribution in [-0.2, 0) is 4.79 Å². The number of hydrogen-bond donors (Lipinski definition) is 1. The molecule has 0 fully saturated rings. The van der Waals surface area contributed by atoms with Crippen LogP contribution in [0.3, 0.4) is 0 Å². The van der Waals surface area contributed by atoms with Crippen molar-refractivity contribution in [2.45, 2.75) is 11.3 Å². The molecule has 1 unspecified atom stereocenters. The molecular formula is C12H10Cl2FN2O3. The zero-order valence-corrected chi connectivity index (χ0v) is 11.8. The van der Waals surface area contributed by atoms with Crippen molar-refractivity contribution < 1.29 is 19.1 Å². The normalized spacial score (nSPS) is 24.4. The number of carboxylic acid groups (broad SMARTS) is 1. The zero-order valence-electron chi connectivity index (χ0n) is 10.3. The summed E-state index contributed by atoms with van der Waals surface area (Å²) in [5.74, 6) is -2.44. The summed E-state index contributed by atoms with van der Waals surface area (Å²) in [5, 5.41) is 11.9. The summed E-state index contributed by atoms with van der Waals surface area (Å²) in [6.45, 7) is 2.20. The summed E-state index contributed by atoms with van der Waals surface area (Å²) in [4.78, 5) is 24.3. The van der Waals surface area contributed by atoms with Gasteiger partial charge < -0.3 is 10.0 Å². The fourth-order valence-electron chi connectivity index (χ4n) is 2.06. The molecule has 0 saturated carbocycles. The van der Waals surface area contributed by atoms with Gasteiger partial charge in [0.15, 0.2) is 10.1 Å². The Labute approximate surface area is 124 Å². The van der Waals surface area contributed by atoms with Gasteiger partial charge in [0.05, 0.1) is 5.92 Å². The van der Waals surface area contributed by atoms with Gasteiger partial charge in [-0.1, -0.05) is 23.2 Å². The molecule has 0 aromatic rings. The lowest BCUT2D eigenvalue weighted by atomic mass is 9.89. The number of nitrogens with zero attached hydrogens (tertiary/aromatic N) is 2. The number of carbonyl (C=O) groups excluding carboxylic acids is 1. The van der Waals surface area contributed by atoms with Crippen molar-refractivity contribution in [3.05, 3.63) is 35.6 Å². The summed E-state index contributed by atoms with van der Waals surface area (Å²) < 4.78 is 11.9. The number of amides is 1. The quantitative estimate of drug-likeness (QED) is 0.794. The van der Waals surface area contributed by atoms with Crippen LogP contribution < -0.4 is 5.32 Å². The molecule has 107 valence electrons. The topological polar surface area (TPSA) is 71.7 Å². The third-order valence-electron chi connectivity index (χ3n) is 2.98. The fourth-order valence-corrected chi connectivity index (χ4v) is 2.41. The van der Waals surface area contributed by atoms with E-state index in [2.05, 4.69) is 5.32 Å². The smallest absolute Gasteiger partial charge is 0.431 e. The van der Waals surface area contributed by atoms with Gasteiger partial charge in [-0.25, -0.2) is 9.18 Å². The minimum atomic E-state index is -1.82. The van der Waals surface area contributed by atoms with Gasteiger partial charge in [0, 0.05) is 18.4 Å². The van der Waals surface area contributed by atoms with Crippen LogP contribution in [-0.4, -0.2) is 32.8 Å². The highest BCUT2D eigenvalue weighted by Crippen LogP contribution is 2.43. The van der Waals surface area contributed by atoms with E-state index in [0.29, 0.717) is 12.2 Å². The Balaban J connectivity index is 2.47. The van der Waals surface area contributed by atoms with Crippen LogP contribution in [0.2, 0.25) is 0 Å². The van der Waals surface area contributed by atoms with Crippen LogP contribution >= 0.6 is 23.2 Å². The largest absolute Gasteiger partial charge is 0.463 e. The van der Waals surface area contributed by atoms with Crippen molar-refractivity contribution in [1.82, 2.24) is 10.2 Å². The molecule has 0 saturated heterocycles. The molecule has 8 heteroatoms.